The standard InChI is InChI=1S/C13H16BrN3O/c1-8-6-9(14)7-10-11(8)17-12(16-10)13(15)2-4-18-5-3-13/h6-7H,2-5,15H2,1H3,(H,16,17). The van der Waals surface area contributed by atoms with Crippen LogP contribution in [0.3, 0.4) is 0 Å². The van der Waals surface area contributed by atoms with Crippen LogP contribution < -0.4 is 5.73 Å². The van der Waals surface area contributed by atoms with Gasteiger partial charge in [0.25, 0.3) is 0 Å². The minimum absolute atomic E-state index is 0.379. The van der Waals surface area contributed by atoms with Gasteiger partial charge in [-0.15, -0.1) is 0 Å². The van der Waals surface area contributed by atoms with Crippen LogP contribution >= 0.6 is 15.9 Å². The molecule has 1 aromatic carbocycles. The Hall–Kier alpha value is -0.910. The van der Waals surface area contributed by atoms with E-state index in [9.17, 15) is 0 Å². The molecule has 0 radical (unpaired) electrons. The third kappa shape index (κ3) is 1.96. The van der Waals surface area contributed by atoms with Crippen LogP contribution in [0.1, 0.15) is 24.2 Å². The summed E-state index contributed by atoms with van der Waals surface area (Å²) in [7, 11) is 0. The summed E-state index contributed by atoms with van der Waals surface area (Å²) >= 11 is 3.50. The summed E-state index contributed by atoms with van der Waals surface area (Å²) < 4.78 is 6.43. The van der Waals surface area contributed by atoms with E-state index in [4.69, 9.17) is 15.5 Å². The van der Waals surface area contributed by atoms with Crippen LogP contribution in [-0.2, 0) is 10.3 Å². The van der Waals surface area contributed by atoms with Crippen LogP contribution in [0.5, 0.6) is 0 Å². The van der Waals surface area contributed by atoms with Crippen LogP contribution in [0.2, 0.25) is 0 Å². The van der Waals surface area contributed by atoms with Crippen molar-refractivity contribution < 1.29 is 4.74 Å². The fourth-order valence-electron chi connectivity index (χ4n) is 2.45. The molecular formula is C13H16BrN3O. The molecule has 1 saturated heterocycles. The fraction of sp³-hybridized carbons (Fsp3) is 0.462. The lowest BCUT2D eigenvalue weighted by molar-refractivity contribution is 0.0496. The van der Waals surface area contributed by atoms with Gasteiger partial charge in [0, 0.05) is 17.7 Å². The lowest BCUT2D eigenvalue weighted by Crippen LogP contribution is -2.43. The van der Waals surface area contributed by atoms with Gasteiger partial charge in [0.2, 0.25) is 0 Å². The molecule has 0 bridgehead atoms. The lowest BCUT2D eigenvalue weighted by atomic mass is 9.91. The molecule has 18 heavy (non-hydrogen) atoms. The quantitative estimate of drug-likeness (QED) is 0.851. The first-order chi connectivity index (χ1) is 8.58. The highest BCUT2D eigenvalue weighted by atomic mass is 79.9. The monoisotopic (exact) mass is 309 g/mol. The maximum atomic E-state index is 6.45. The molecule has 0 spiro atoms. The zero-order valence-corrected chi connectivity index (χ0v) is 11.9. The number of aromatic amines is 1. The molecule has 96 valence electrons. The van der Waals surface area contributed by atoms with Gasteiger partial charge in [-0.2, -0.15) is 0 Å². The van der Waals surface area contributed by atoms with E-state index in [-0.39, 0.29) is 5.54 Å². The Morgan fingerprint density at radius 1 is 1.39 bits per heavy atom. The van der Waals surface area contributed by atoms with Gasteiger partial charge in [0.1, 0.15) is 5.82 Å². The Bertz CT molecular complexity index is 587. The van der Waals surface area contributed by atoms with Gasteiger partial charge < -0.3 is 15.5 Å². The maximum absolute atomic E-state index is 6.45. The Labute approximate surface area is 114 Å². The number of aryl methyl sites for hydroxylation is 1. The van der Waals surface area contributed by atoms with Gasteiger partial charge >= 0.3 is 0 Å². The zero-order chi connectivity index (χ0) is 12.8. The predicted molar refractivity (Wildman–Crippen MR) is 74.4 cm³/mol. The number of imidazole rings is 1. The molecule has 0 aliphatic carbocycles. The van der Waals surface area contributed by atoms with Crippen molar-refractivity contribution in [2.24, 2.45) is 5.73 Å². The number of nitrogens with one attached hydrogen (secondary N) is 1. The van der Waals surface area contributed by atoms with E-state index in [1.807, 2.05) is 6.07 Å². The third-order valence-electron chi connectivity index (χ3n) is 3.60. The van der Waals surface area contributed by atoms with Crippen LogP contribution in [0, 0.1) is 6.92 Å². The van der Waals surface area contributed by atoms with Gasteiger partial charge in [-0.3, -0.25) is 0 Å². The van der Waals surface area contributed by atoms with Crippen molar-refractivity contribution in [1.29, 1.82) is 0 Å². The number of halogens is 1. The van der Waals surface area contributed by atoms with Crippen LogP contribution in [0.15, 0.2) is 16.6 Å². The smallest absolute Gasteiger partial charge is 0.127 e. The molecule has 0 amide bonds. The van der Waals surface area contributed by atoms with Crippen molar-refractivity contribution >= 4 is 27.0 Å². The molecule has 1 fully saturated rings. The number of hydrogen-bond acceptors (Lipinski definition) is 3. The number of ether oxygens (including phenoxy) is 1. The molecule has 4 nitrogen and oxygen atoms in total. The van der Waals surface area contributed by atoms with Crippen molar-refractivity contribution in [2.75, 3.05) is 13.2 Å². The topological polar surface area (TPSA) is 63.9 Å². The third-order valence-corrected chi connectivity index (χ3v) is 4.06. The average Bonchev–Trinajstić information content (AvgIpc) is 2.74. The molecule has 3 rings (SSSR count). The molecule has 2 heterocycles. The molecule has 1 aromatic heterocycles. The van der Waals surface area contributed by atoms with E-state index in [1.54, 1.807) is 0 Å². The minimum Gasteiger partial charge on any atom is -0.381 e. The Morgan fingerprint density at radius 2 is 2.11 bits per heavy atom. The summed E-state index contributed by atoms with van der Waals surface area (Å²) in [5.74, 6) is 0.877. The van der Waals surface area contributed by atoms with Crippen molar-refractivity contribution in [3.8, 4) is 0 Å². The summed E-state index contributed by atoms with van der Waals surface area (Å²) in [5.41, 5.74) is 9.26. The number of H-pyrrole nitrogens is 1. The maximum Gasteiger partial charge on any atom is 0.127 e. The second-order valence-corrected chi connectivity index (χ2v) is 5.89. The number of nitrogens with zero attached hydrogens (tertiary/aromatic N) is 1. The molecule has 1 aliphatic rings. The predicted octanol–water partition coefficient (Wildman–Crippen LogP) is 2.60. The fourth-order valence-corrected chi connectivity index (χ4v) is 3.03. The lowest BCUT2D eigenvalue weighted by Gasteiger charge is -2.31. The first-order valence-corrected chi connectivity index (χ1v) is 6.91. The first-order valence-electron chi connectivity index (χ1n) is 6.11. The van der Waals surface area contributed by atoms with E-state index in [1.165, 1.54) is 0 Å². The highest BCUT2D eigenvalue weighted by molar-refractivity contribution is 9.10. The van der Waals surface area contributed by atoms with Crippen molar-refractivity contribution in [3.05, 3.63) is 28.0 Å². The SMILES string of the molecule is Cc1cc(Br)cc2[nH]c(C3(N)CCOCC3)nc12. The second kappa shape index (κ2) is 4.33. The Balaban J connectivity index is 2.10. The van der Waals surface area contributed by atoms with Crippen LogP contribution in [-0.4, -0.2) is 23.2 Å². The van der Waals surface area contributed by atoms with E-state index >= 15 is 0 Å². The number of aromatic nitrogens is 2. The molecule has 0 atom stereocenters. The Kier molecular flexibility index (Phi) is 2.92. The molecule has 5 heteroatoms. The normalized spacial score (nSPS) is 19.3. The summed E-state index contributed by atoms with van der Waals surface area (Å²) in [6.45, 7) is 3.47. The highest BCUT2D eigenvalue weighted by Gasteiger charge is 2.33. The van der Waals surface area contributed by atoms with E-state index < -0.39 is 0 Å². The average molecular weight is 310 g/mol. The van der Waals surface area contributed by atoms with Gasteiger partial charge in [-0.05, 0) is 37.5 Å². The summed E-state index contributed by atoms with van der Waals surface area (Å²) in [4.78, 5) is 8.06. The summed E-state index contributed by atoms with van der Waals surface area (Å²) in [6.07, 6.45) is 1.63. The van der Waals surface area contributed by atoms with Gasteiger partial charge in [-0.25, -0.2) is 4.98 Å². The number of rotatable bonds is 1. The Morgan fingerprint density at radius 3 is 2.83 bits per heavy atom. The summed E-state index contributed by atoms with van der Waals surface area (Å²) in [5, 5.41) is 0. The highest BCUT2D eigenvalue weighted by Crippen LogP contribution is 2.30. The molecule has 1 aliphatic heterocycles. The van der Waals surface area contributed by atoms with Crippen molar-refractivity contribution in [2.45, 2.75) is 25.3 Å². The molecule has 3 N–H and O–H groups in total. The second-order valence-electron chi connectivity index (χ2n) is 4.97. The van der Waals surface area contributed by atoms with Crippen LogP contribution in [0.4, 0.5) is 0 Å². The van der Waals surface area contributed by atoms with Crippen molar-refractivity contribution in [1.82, 2.24) is 9.97 Å². The number of hydrogen-bond donors (Lipinski definition) is 2. The molecule has 0 unspecified atom stereocenters. The number of nitrogens with two attached hydrogens (primary N) is 1. The minimum atomic E-state index is -0.379. The zero-order valence-electron chi connectivity index (χ0n) is 10.3. The summed E-state index contributed by atoms with van der Waals surface area (Å²) in [6, 6.07) is 4.11. The van der Waals surface area contributed by atoms with Gasteiger partial charge in [0.15, 0.2) is 0 Å². The molecule has 0 saturated carbocycles. The van der Waals surface area contributed by atoms with Crippen molar-refractivity contribution in [3.63, 3.8) is 0 Å². The number of benzene rings is 1. The van der Waals surface area contributed by atoms with Crippen LogP contribution in [0.25, 0.3) is 11.0 Å². The van der Waals surface area contributed by atoms with E-state index in [0.29, 0.717) is 13.2 Å². The largest absolute Gasteiger partial charge is 0.381 e. The van der Waals surface area contributed by atoms with E-state index in [2.05, 4.69) is 33.9 Å². The van der Waals surface area contributed by atoms with Gasteiger partial charge in [-0.1, -0.05) is 15.9 Å². The van der Waals surface area contributed by atoms with Gasteiger partial charge in [0.05, 0.1) is 16.6 Å². The number of fused-ring (bicyclic) bond motifs is 1. The molecular weight excluding hydrogens is 294 g/mol. The van der Waals surface area contributed by atoms with E-state index in [0.717, 1.165) is 39.7 Å². The first kappa shape index (κ1) is 12.1. The molecule has 2 aromatic rings.